The molecule has 0 radical (unpaired) electrons. The van der Waals surface area contributed by atoms with Gasteiger partial charge in [0.05, 0.1) is 25.0 Å². The number of rotatable bonds is 9. The summed E-state index contributed by atoms with van der Waals surface area (Å²) in [4.78, 5) is 52.7. The first-order chi connectivity index (χ1) is 16.9. The average Bonchev–Trinajstić information content (AvgIpc) is 2.79. The topological polar surface area (TPSA) is 99.2 Å². The maximum Gasteiger partial charge on any atom is 0.310 e. The molecular formula is C27H39NO7Si. The number of carbonyl (C=O) groups excluding carboxylic acids is 4. The molecule has 2 bridgehead atoms. The highest BCUT2D eigenvalue weighted by atomic mass is 28.3. The van der Waals surface area contributed by atoms with Crippen LogP contribution in [0.25, 0.3) is 0 Å². The summed E-state index contributed by atoms with van der Waals surface area (Å²) in [6.45, 7) is 12.0. The summed E-state index contributed by atoms with van der Waals surface area (Å²) < 4.78 is 16.7. The molecule has 8 nitrogen and oxygen atoms in total. The van der Waals surface area contributed by atoms with Crippen LogP contribution in [-0.4, -0.2) is 63.1 Å². The van der Waals surface area contributed by atoms with E-state index in [1.807, 2.05) is 13.0 Å². The quantitative estimate of drug-likeness (QED) is 0.276. The molecule has 1 fully saturated rings. The van der Waals surface area contributed by atoms with Gasteiger partial charge in [0.2, 0.25) is 5.91 Å². The first-order valence-electron chi connectivity index (χ1n) is 12.7. The molecule has 0 aliphatic heterocycles. The molecule has 36 heavy (non-hydrogen) atoms. The van der Waals surface area contributed by atoms with E-state index in [2.05, 4.69) is 19.6 Å². The minimum absolute atomic E-state index is 0.125. The number of hydrogen-bond acceptors (Lipinski definition) is 7. The predicted octanol–water partition coefficient (Wildman–Crippen LogP) is 4.11. The monoisotopic (exact) mass is 517 g/mol. The van der Waals surface area contributed by atoms with Gasteiger partial charge in [-0.1, -0.05) is 32.6 Å². The van der Waals surface area contributed by atoms with Gasteiger partial charge in [0.15, 0.2) is 0 Å². The van der Waals surface area contributed by atoms with Crippen molar-refractivity contribution < 1.29 is 33.4 Å². The van der Waals surface area contributed by atoms with Crippen molar-refractivity contribution in [3.8, 4) is 5.75 Å². The zero-order valence-corrected chi connectivity index (χ0v) is 23.5. The molecule has 1 saturated carbocycles. The fraction of sp³-hybridized carbons (Fsp3) is 0.630. The number of nitrogens with zero attached hydrogens (tertiary/aromatic N) is 1. The molecule has 0 spiro atoms. The van der Waals surface area contributed by atoms with Gasteiger partial charge in [-0.05, 0) is 42.1 Å². The lowest BCUT2D eigenvalue weighted by molar-refractivity contribution is -0.168. The molecule has 0 aromatic heterocycles. The van der Waals surface area contributed by atoms with Gasteiger partial charge in [-0.3, -0.25) is 19.2 Å². The van der Waals surface area contributed by atoms with Crippen LogP contribution in [0.3, 0.4) is 0 Å². The molecule has 2 unspecified atom stereocenters. The van der Waals surface area contributed by atoms with Gasteiger partial charge in [0, 0.05) is 46.8 Å². The molecule has 3 aliphatic carbocycles. The summed E-state index contributed by atoms with van der Waals surface area (Å²) in [6, 6.07) is 5.87. The summed E-state index contributed by atoms with van der Waals surface area (Å²) in [5.41, 5.74) is 1.74. The summed E-state index contributed by atoms with van der Waals surface area (Å²) in [7, 11) is 0.304. The Hall–Kier alpha value is -2.68. The summed E-state index contributed by atoms with van der Waals surface area (Å²) in [5.74, 6) is -3.38. The van der Waals surface area contributed by atoms with Crippen LogP contribution in [0.2, 0.25) is 25.7 Å². The lowest BCUT2D eigenvalue weighted by Gasteiger charge is -2.53. The van der Waals surface area contributed by atoms with Crippen LogP contribution < -0.4 is 4.74 Å². The van der Waals surface area contributed by atoms with E-state index in [0.717, 1.165) is 17.2 Å². The standard InChI is InChI=1S/C27H39NO7Si/c1-8-11-33-27(32)25-23-20-14-18(35-17(3)30)9-10-19(20)21(15-22(23)28(4)16(2)29)24(25)26(31)34-12-13-36(5,6)7/h9-10,14,21-25H,8,11-13,15H2,1-7H3/t21?,22?,23-,24-,25-/m1/s1. The van der Waals surface area contributed by atoms with Gasteiger partial charge in [-0.2, -0.15) is 0 Å². The first kappa shape index (κ1) is 27.9. The van der Waals surface area contributed by atoms with Crippen molar-refractivity contribution in [1.82, 2.24) is 4.90 Å². The van der Waals surface area contributed by atoms with Gasteiger partial charge in [0.1, 0.15) is 5.75 Å². The van der Waals surface area contributed by atoms with Crippen molar-refractivity contribution in [3.63, 3.8) is 0 Å². The van der Waals surface area contributed by atoms with Gasteiger partial charge < -0.3 is 19.1 Å². The number of esters is 3. The highest BCUT2D eigenvalue weighted by molar-refractivity contribution is 6.76. The second-order valence-electron chi connectivity index (χ2n) is 11.1. The Morgan fingerprint density at radius 3 is 2.19 bits per heavy atom. The van der Waals surface area contributed by atoms with Crippen molar-refractivity contribution >= 4 is 31.9 Å². The van der Waals surface area contributed by atoms with Crippen molar-refractivity contribution in [2.45, 2.75) is 77.2 Å². The van der Waals surface area contributed by atoms with E-state index >= 15 is 0 Å². The van der Waals surface area contributed by atoms with Gasteiger partial charge in [-0.15, -0.1) is 0 Å². The van der Waals surface area contributed by atoms with Crippen LogP contribution in [0.15, 0.2) is 18.2 Å². The van der Waals surface area contributed by atoms with Crippen LogP contribution in [0.4, 0.5) is 0 Å². The van der Waals surface area contributed by atoms with E-state index in [4.69, 9.17) is 14.2 Å². The minimum atomic E-state index is -1.42. The normalized spacial score (nSPS) is 24.5. The van der Waals surface area contributed by atoms with Crippen LogP contribution in [-0.2, 0) is 28.7 Å². The zero-order chi connectivity index (χ0) is 26.8. The van der Waals surface area contributed by atoms with Crippen molar-refractivity contribution in [2.24, 2.45) is 11.8 Å². The fourth-order valence-corrected chi connectivity index (χ4v) is 6.20. The second kappa shape index (κ2) is 11.1. The Morgan fingerprint density at radius 1 is 0.972 bits per heavy atom. The van der Waals surface area contributed by atoms with E-state index in [9.17, 15) is 19.2 Å². The van der Waals surface area contributed by atoms with E-state index in [1.165, 1.54) is 13.8 Å². The Balaban J connectivity index is 2.08. The van der Waals surface area contributed by atoms with E-state index in [-0.39, 0.29) is 30.4 Å². The van der Waals surface area contributed by atoms with Gasteiger partial charge in [0.25, 0.3) is 0 Å². The minimum Gasteiger partial charge on any atom is -0.466 e. The Morgan fingerprint density at radius 2 is 1.61 bits per heavy atom. The predicted molar refractivity (Wildman–Crippen MR) is 137 cm³/mol. The highest BCUT2D eigenvalue weighted by Crippen LogP contribution is 2.58. The largest absolute Gasteiger partial charge is 0.466 e. The van der Waals surface area contributed by atoms with Crippen molar-refractivity contribution in [1.29, 1.82) is 0 Å². The Bertz CT molecular complexity index is 1020. The number of fused-ring (bicyclic) bond motifs is 2. The smallest absolute Gasteiger partial charge is 0.310 e. The third-order valence-corrected chi connectivity index (χ3v) is 8.98. The van der Waals surface area contributed by atoms with Gasteiger partial charge in [-0.25, -0.2) is 0 Å². The molecule has 0 saturated heterocycles. The van der Waals surface area contributed by atoms with Crippen LogP contribution >= 0.6 is 0 Å². The molecule has 4 rings (SSSR count). The molecule has 9 heteroatoms. The van der Waals surface area contributed by atoms with E-state index in [1.54, 1.807) is 24.1 Å². The third kappa shape index (κ3) is 5.99. The lowest BCUT2D eigenvalue weighted by atomic mass is 9.54. The van der Waals surface area contributed by atoms with E-state index < -0.39 is 37.8 Å². The third-order valence-electron chi connectivity index (χ3n) is 7.28. The molecule has 1 aromatic carbocycles. The Labute approximate surface area is 214 Å². The molecular weight excluding hydrogens is 478 g/mol. The SMILES string of the molecule is CCCOC(=O)[C@H]1[C@H](C(=O)OCC[Si](C)(C)C)C2CC(N(C)C(C)=O)[C@H]1c1cc(OC(C)=O)ccc12. The van der Waals surface area contributed by atoms with Crippen LogP contribution in [0.5, 0.6) is 5.75 Å². The number of benzene rings is 1. The molecule has 198 valence electrons. The zero-order valence-electron chi connectivity index (χ0n) is 22.5. The summed E-state index contributed by atoms with van der Waals surface area (Å²) in [6.07, 6.45) is 1.19. The molecule has 5 atom stereocenters. The molecule has 3 aliphatic rings. The Kier molecular flexibility index (Phi) is 8.64. The average molecular weight is 518 g/mol. The second-order valence-corrected chi connectivity index (χ2v) is 16.8. The number of carbonyl (C=O) groups is 4. The summed E-state index contributed by atoms with van der Waals surface area (Å²) in [5, 5.41) is 0. The van der Waals surface area contributed by atoms with Crippen LogP contribution in [0, 0.1) is 11.8 Å². The maximum atomic E-state index is 13.5. The first-order valence-corrected chi connectivity index (χ1v) is 16.4. The van der Waals surface area contributed by atoms with Crippen molar-refractivity contribution in [3.05, 3.63) is 29.3 Å². The van der Waals surface area contributed by atoms with Crippen molar-refractivity contribution in [2.75, 3.05) is 20.3 Å². The van der Waals surface area contributed by atoms with Gasteiger partial charge >= 0.3 is 17.9 Å². The molecule has 1 aromatic rings. The van der Waals surface area contributed by atoms with E-state index in [0.29, 0.717) is 25.2 Å². The number of likely N-dealkylation sites (N-methyl/N-ethyl adjacent to an activating group) is 1. The molecule has 0 N–H and O–H groups in total. The molecule has 0 heterocycles. The highest BCUT2D eigenvalue weighted by Gasteiger charge is 2.59. The summed E-state index contributed by atoms with van der Waals surface area (Å²) >= 11 is 0. The fourth-order valence-electron chi connectivity index (χ4n) is 5.49. The maximum absolute atomic E-state index is 13.5. The number of amides is 1. The number of hydrogen-bond donors (Lipinski definition) is 0. The van der Waals surface area contributed by atoms with Crippen LogP contribution in [0.1, 0.15) is 56.6 Å². The number of ether oxygens (including phenoxy) is 3. The lowest BCUT2D eigenvalue weighted by Crippen LogP contribution is -2.57. The molecule has 1 amide bonds.